The summed E-state index contributed by atoms with van der Waals surface area (Å²) in [5.41, 5.74) is 1.94. The van der Waals surface area contributed by atoms with Crippen LogP contribution >= 0.6 is 0 Å². The quantitative estimate of drug-likeness (QED) is 0.722. The van der Waals surface area contributed by atoms with Crippen LogP contribution in [0.4, 0.5) is 0 Å². The minimum absolute atomic E-state index is 0.0361. The molecule has 1 rings (SSSR count). The van der Waals surface area contributed by atoms with Crippen molar-refractivity contribution in [2.45, 2.75) is 47.1 Å². The van der Waals surface area contributed by atoms with E-state index in [0.29, 0.717) is 13.0 Å². The van der Waals surface area contributed by atoms with Gasteiger partial charge in [-0.25, -0.2) is 0 Å². The normalized spacial score (nSPS) is 13.4. The lowest BCUT2D eigenvalue weighted by Gasteiger charge is -2.17. The van der Waals surface area contributed by atoms with Crippen molar-refractivity contribution in [2.75, 3.05) is 6.61 Å². The van der Waals surface area contributed by atoms with Gasteiger partial charge in [0.05, 0.1) is 6.10 Å². The predicted molar refractivity (Wildman–Crippen MR) is 74.9 cm³/mol. The van der Waals surface area contributed by atoms with Gasteiger partial charge in [0.1, 0.15) is 0 Å². The van der Waals surface area contributed by atoms with Gasteiger partial charge in [0.2, 0.25) is 0 Å². The van der Waals surface area contributed by atoms with Gasteiger partial charge in [0.15, 0.2) is 5.78 Å². The minimum atomic E-state index is 0.0361. The largest absolute Gasteiger partial charge is 0.374 e. The topological polar surface area (TPSA) is 26.3 Å². The fourth-order valence-corrected chi connectivity index (χ4v) is 1.87. The molecule has 0 saturated heterocycles. The monoisotopic (exact) mass is 248 g/mol. The van der Waals surface area contributed by atoms with E-state index in [4.69, 9.17) is 4.74 Å². The third kappa shape index (κ3) is 4.61. The fourth-order valence-electron chi connectivity index (χ4n) is 1.87. The molecule has 0 aliphatic carbocycles. The number of hydrogen-bond acceptors (Lipinski definition) is 2. The summed E-state index contributed by atoms with van der Waals surface area (Å²) in [5, 5.41) is 0. The number of ether oxygens (including phenoxy) is 1. The Morgan fingerprint density at radius 2 is 1.78 bits per heavy atom. The summed E-state index contributed by atoms with van der Waals surface area (Å²) in [6, 6.07) is 7.77. The summed E-state index contributed by atoms with van der Waals surface area (Å²) in [4.78, 5) is 12.0. The van der Waals surface area contributed by atoms with Crippen LogP contribution in [0.1, 0.15) is 63.1 Å². The van der Waals surface area contributed by atoms with Crippen LogP contribution in [0.15, 0.2) is 24.3 Å². The molecule has 0 fully saturated rings. The lowest BCUT2D eigenvalue weighted by molar-refractivity contribution is 0.0763. The molecule has 0 amide bonds. The van der Waals surface area contributed by atoms with E-state index in [1.54, 1.807) is 0 Å². The average Bonchev–Trinajstić information content (AvgIpc) is 2.27. The molecule has 100 valence electrons. The van der Waals surface area contributed by atoms with Crippen molar-refractivity contribution in [1.82, 2.24) is 0 Å². The molecule has 1 aromatic rings. The molecule has 0 N–H and O–H groups in total. The molecule has 0 radical (unpaired) electrons. The Bertz CT molecular complexity index is 385. The number of carbonyl (C=O) groups excluding carboxylic acids is 1. The lowest BCUT2D eigenvalue weighted by Crippen LogP contribution is -2.13. The van der Waals surface area contributed by atoms with Crippen molar-refractivity contribution in [3.63, 3.8) is 0 Å². The van der Waals surface area contributed by atoms with Crippen LogP contribution in [0.5, 0.6) is 0 Å². The maximum atomic E-state index is 12.0. The van der Waals surface area contributed by atoms with Gasteiger partial charge in [-0.05, 0) is 24.8 Å². The van der Waals surface area contributed by atoms with Crippen LogP contribution < -0.4 is 0 Å². The highest BCUT2D eigenvalue weighted by Gasteiger charge is 2.17. The van der Waals surface area contributed by atoms with Gasteiger partial charge in [-0.1, -0.05) is 45.0 Å². The third-order valence-corrected chi connectivity index (χ3v) is 2.81. The first-order valence-corrected chi connectivity index (χ1v) is 6.58. The SMILES string of the molecule is CCOC(C)c1ccc(C(=O)CC(C)(C)C)cc1. The zero-order chi connectivity index (χ0) is 13.8. The van der Waals surface area contributed by atoms with Crippen molar-refractivity contribution >= 4 is 5.78 Å². The van der Waals surface area contributed by atoms with Crippen LogP contribution in [0, 0.1) is 5.41 Å². The van der Waals surface area contributed by atoms with E-state index in [1.807, 2.05) is 38.1 Å². The van der Waals surface area contributed by atoms with E-state index in [2.05, 4.69) is 20.8 Å². The molecular formula is C16H24O2. The Morgan fingerprint density at radius 3 is 2.22 bits per heavy atom. The Hall–Kier alpha value is -1.15. The first kappa shape index (κ1) is 14.9. The first-order chi connectivity index (χ1) is 8.33. The van der Waals surface area contributed by atoms with E-state index in [0.717, 1.165) is 11.1 Å². The maximum Gasteiger partial charge on any atom is 0.163 e. The smallest absolute Gasteiger partial charge is 0.163 e. The molecule has 2 nitrogen and oxygen atoms in total. The maximum absolute atomic E-state index is 12.0. The zero-order valence-corrected chi connectivity index (χ0v) is 12.1. The second-order valence-corrected chi connectivity index (χ2v) is 5.88. The highest BCUT2D eigenvalue weighted by molar-refractivity contribution is 5.96. The summed E-state index contributed by atoms with van der Waals surface area (Å²) >= 11 is 0. The molecule has 0 aliphatic rings. The minimum Gasteiger partial charge on any atom is -0.374 e. The molecule has 0 aromatic heterocycles. The van der Waals surface area contributed by atoms with Gasteiger partial charge in [0, 0.05) is 18.6 Å². The molecular weight excluding hydrogens is 224 g/mol. The number of hydrogen-bond donors (Lipinski definition) is 0. The van der Waals surface area contributed by atoms with Crippen molar-refractivity contribution in [3.05, 3.63) is 35.4 Å². The fraction of sp³-hybridized carbons (Fsp3) is 0.562. The van der Waals surface area contributed by atoms with E-state index in [1.165, 1.54) is 0 Å². The molecule has 18 heavy (non-hydrogen) atoms. The van der Waals surface area contributed by atoms with Crippen LogP contribution in [0.25, 0.3) is 0 Å². The number of Topliss-reactive ketones (excluding diaryl/α,β-unsaturated/α-hetero) is 1. The summed E-state index contributed by atoms with van der Waals surface area (Å²) in [7, 11) is 0. The van der Waals surface area contributed by atoms with Gasteiger partial charge in [-0.15, -0.1) is 0 Å². The third-order valence-electron chi connectivity index (χ3n) is 2.81. The van der Waals surface area contributed by atoms with Crippen LogP contribution in [-0.4, -0.2) is 12.4 Å². The molecule has 1 atom stereocenters. The Labute approximate surface area is 110 Å². The molecule has 0 aliphatic heterocycles. The summed E-state index contributed by atoms with van der Waals surface area (Å²) in [6.07, 6.45) is 0.662. The van der Waals surface area contributed by atoms with Crippen molar-refractivity contribution in [3.8, 4) is 0 Å². The van der Waals surface area contributed by atoms with E-state index in [9.17, 15) is 4.79 Å². The molecule has 1 unspecified atom stereocenters. The van der Waals surface area contributed by atoms with Crippen LogP contribution in [0.3, 0.4) is 0 Å². The Balaban J connectivity index is 2.74. The number of carbonyl (C=O) groups is 1. The first-order valence-electron chi connectivity index (χ1n) is 6.58. The molecule has 0 bridgehead atoms. The molecule has 0 spiro atoms. The van der Waals surface area contributed by atoms with Crippen LogP contribution in [0.2, 0.25) is 0 Å². The van der Waals surface area contributed by atoms with Gasteiger partial charge in [0.25, 0.3) is 0 Å². The van der Waals surface area contributed by atoms with Crippen molar-refractivity contribution in [2.24, 2.45) is 5.41 Å². The van der Waals surface area contributed by atoms with E-state index < -0.39 is 0 Å². The number of rotatable bonds is 5. The molecule has 0 saturated carbocycles. The van der Waals surface area contributed by atoms with Crippen molar-refractivity contribution < 1.29 is 9.53 Å². The highest BCUT2D eigenvalue weighted by atomic mass is 16.5. The Kier molecular flexibility index (Phi) is 5.09. The van der Waals surface area contributed by atoms with Gasteiger partial charge in [-0.3, -0.25) is 4.79 Å². The number of ketones is 1. The average molecular weight is 248 g/mol. The zero-order valence-electron chi connectivity index (χ0n) is 12.1. The van der Waals surface area contributed by atoms with Gasteiger partial charge >= 0.3 is 0 Å². The summed E-state index contributed by atoms with van der Waals surface area (Å²) < 4.78 is 5.52. The standard InChI is InChI=1S/C16H24O2/c1-6-18-12(2)13-7-9-14(10-8-13)15(17)11-16(3,4)5/h7-10,12H,6,11H2,1-5H3. The molecule has 2 heteroatoms. The number of benzene rings is 1. The van der Waals surface area contributed by atoms with E-state index >= 15 is 0 Å². The molecule has 0 heterocycles. The van der Waals surface area contributed by atoms with Gasteiger partial charge in [-0.2, -0.15) is 0 Å². The van der Waals surface area contributed by atoms with Gasteiger partial charge < -0.3 is 4.74 Å². The van der Waals surface area contributed by atoms with Crippen LogP contribution in [-0.2, 0) is 4.74 Å². The molecule has 1 aromatic carbocycles. The summed E-state index contributed by atoms with van der Waals surface area (Å²) in [5.74, 6) is 0.207. The highest BCUT2D eigenvalue weighted by Crippen LogP contribution is 2.23. The lowest BCUT2D eigenvalue weighted by atomic mass is 9.87. The second-order valence-electron chi connectivity index (χ2n) is 5.88. The van der Waals surface area contributed by atoms with E-state index in [-0.39, 0.29) is 17.3 Å². The predicted octanol–water partition coefficient (Wildman–Crippen LogP) is 4.40. The van der Waals surface area contributed by atoms with Crippen molar-refractivity contribution in [1.29, 1.82) is 0 Å². The summed E-state index contributed by atoms with van der Waals surface area (Å²) in [6.45, 7) is 10.9. The second kappa shape index (κ2) is 6.14. The Morgan fingerprint density at radius 1 is 1.22 bits per heavy atom.